The Labute approximate surface area is 203 Å². The van der Waals surface area contributed by atoms with Gasteiger partial charge in [0.1, 0.15) is 6.10 Å². The molecule has 0 saturated heterocycles. The van der Waals surface area contributed by atoms with Crippen LogP contribution in [0.4, 0.5) is 0 Å². The number of hydrogen-bond acceptors (Lipinski definition) is 5. The summed E-state index contributed by atoms with van der Waals surface area (Å²) < 4.78 is 0. The zero-order valence-electron chi connectivity index (χ0n) is 20.2. The van der Waals surface area contributed by atoms with E-state index in [2.05, 4.69) is 5.32 Å². The molecular formula is C28H39NO5. The van der Waals surface area contributed by atoms with Crippen molar-refractivity contribution < 1.29 is 25.2 Å². The van der Waals surface area contributed by atoms with Crippen LogP contribution in [0, 0.1) is 5.92 Å². The van der Waals surface area contributed by atoms with Crippen molar-refractivity contribution in [3.63, 3.8) is 0 Å². The quantitative estimate of drug-likeness (QED) is 0.374. The number of hydrogen-bond donors (Lipinski definition) is 5. The van der Waals surface area contributed by atoms with Crippen molar-refractivity contribution in [2.45, 2.75) is 64.1 Å². The minimum absolute atomic E-state index is 0.00457. The Morgan fingerprint density at radius 1 is 0.794 bits per heavy atom. The molecule has 186 valence electrons. The molecule has 1 rings (SSSR count). The number of allylic oxidation sites excluding steroid dienone is 12. The molecule has 0 spiro atoms. The van der Waals surface area contributed by atoms with E-state index in [9.17, 15) is 25.2 Å². The van der Waals surface area contributed by atoms with E-state index < -0.39 is 30.3 Å². The monoisotopic (exact) mass is 469 g/mol. The van der Waals surface area contributed by atoms with Gasteiger partial charge < -0.3 is 25.7 Å². The van der Waals surface area contributed by atoms with E-state index in [0.717, 1.165) is 5.57 Å². The van der Waals surface area contributed by atoms with Crippen LogP contribution in [0.2, 0.25) is 0 Å². The molecule has 0 aromatic heterocycles. The zero-order valence-corrected chi connectivity index (χ0v) is 20.2. The van der Waals surface area contributed by atoms with Crippen molar-refractivity contribution in [3.05, 3.63) is 96.7 Å². The standard InChI is InChI=1S/C28H39NO5/c1-21-14-8-6-11-17-23(3)29-26(32)19-13-5-4-10-16-22(2)27(33)28(34)25(31)20-24(30)18-12-7-9-15-21/h4-16,18-19,22-25,27-28,30-31,33-34H,17,20H2,1-3H3,(H,29,32)/b5-4+,9-7+,11-6-,14-8+,16-10+,18-12+,19-13+,21-15+. The van der Waals surface area contributed by atoms with Crippen LogP contribution in [0.5, 0.6) is 0 Å². The summed E-state index contributed by atoms with van der Waals surface area (Å²) in [5, 5.41) is 43.7. The average Bonchev–Trinajstić information content (AvgIpc) is 2.78. The van der Waals surface area contributed by atoms with Gasteiger partial charge in [-0.3, -0.25) is 4.79 Å². The van der Waals surface area contributed by atoms with Crippen LogP contribution in [-0.4, -0.2) is 56.8 Å². The summed E-state index contributed by atoms with van der Waals surface area (Å²) in [6.45, 7) is 5.61. The molecule has 34 heavy (non-hydrogen) atoms. The summed E-state index contributed by atoms with van der Waals surface area (Å²) in [5.41, 5.74) is 1.03. The van der Waals surface area contributed by atoms with Gasteiger partial charge in [-0.05, 0) is 20.3 Å². The maximum atomic E-state index is 12.0. The van der Waals surface area contributed by atoms with Gasteiger partial charge in [-0.2, -0.15) is 0 Å². The third-order valence-corrected chi connectivity index (χ3v) is 5.16. The van der Waals surface area contributed by atoms with Crippen LogP contribution in [-0.2, 0) is 4.79 Å². The molecule has 0 aromatic carbocycles. The van der Waals surface area contributed by atoms with Crippen molar-refractivity contribution in [1.82, 2.24) is 5.32 Å². The van der Waals surface area contributed by atoms with E-state index in [1.54, 1.807) is 49.5 Å². The van der Waals surface area contributed by atoms with E-state index >= 15 is 0 Å². The normalized spacial score (nSPS) is 38.9. The molecule has 1 aliphatic heterocycles. The maximum Gasteiger partial charge on any atom is 0.244 e. The van der Waals surface area contributed by atoms with Gasteiger partial charge >= 0.3 is 0 Å². The largest absolute Gasteiger partial charge is 0.390 e. The Morgan fingerprint density at radius 3 is 2.21 bits per heavy atom. The van der Waals surface area contributed by atoms with Gasteiger partial charge in [-0.25, -0.2) is 0 Å². The molecule has 0 fully saturated rings. The lowest BCUT2D eigenvalue weighted by molar-refractivity contribution is -0.117. The molecule has 6 nitrogen and oxygen atoms in total. The lowest BCUT2D eigenvalue weighted by Crippen LogP contribution is -2.41. The third-order valence-electron chi connectivity index (χ3n) is 5.16. The molecule has 0 aliphatic carbocycles. The van der Waals surface area contributed by atoms with Gasteiger partial charge in [0.05, 0.1) is 18.3 Å². The first kappa shape index (κ1) is 29.3. The first-order valence-electron chi connectivity index (χ1n) is 11.6. The topological polar surface area (TPSA) is 110 Å². The van der Waals surface area contributed by atoms with Gasteiger partial charge in [-0.1, -0.05) is 97.6 Å². The van der Waals surface area contributed by atoms with Gasteiger partial charge in [0, 0.05) is 24.5 Å². The second-order valence-corrected chi connectivity index (χ2v) is 8.45. The van der Waals surface area contributed by atoms with Crippen LogP contribution >= 0.6 is 0 Å². The average molecular weight is 470 g/mol. The summed E-state index contributed by atoms with van der Waals surface area (Å²) in [7, 11) is 0. The Bertz CT molecular complexity index is 847. The second-order valence-electron chi connectivity index (χ2n) is 8.45. The number of carbonyl (C=O) groups excluding carboxylic acids is 1. The maximum absolute atomic E-state index is 12.0. The molecule has 0 radical (unpaired) electrons. The number of rotatable bonds is 0. The smallest absolute Gasteiger partial charge is 0.244 e. The molecule has 6 unspecified atom stereocenters. The first-order valence-corrected chi connectivity index (χ1v) is 11.6. The number of aliphatic hydroxyl groups is 4. The first-order chi connectivity index (χ1) is 16.2. The van der Waals surface area contributed by atoms with Crippen molar-refractivity contribution in [3.8, 4) is 0 Å². The highest BCUT2D eigenvalue weighted by molar-refractivity contribution is 5.87. The fourth-order valence-corrected chi connectivity index (χ4v) is 3.07. The summed E-state index contributed by atoms with van der Waals surface area (Å²) in [6, 6.07) is -0.00457. The Morgan fingerprint density at radius 2 is 1.44 bits per heavy atom. The molecule has 6 atom stereocenters. The van der Waals surface area contributed by atoms with E-state index in [1.807, 2.05) is 50.3 Å². The van der Waals surface area contributed by atoms with E-state index in [0.29, 0.717) is 6.42 Å². The van der Waals surface area contributed by atoms with Crippen molar-refractivity contribution in [1.29, 1.82) is 0 Å². The molecule has 1 aliphatic rings. The van der Waals surface area contributed by atoms with Crippen LogP contribution in [0.15, 0.2) is 96.7 Å². The summed E-state index contributed by atoms with van der Waals surface area (Å²) in [6.07, 6.45) is 22.1. The van der Waals surface area contributed by atoms with Crippen molar-refractivity contribution in [2.24, 2.45) is 5.92 Å². The molecular weight excluding hydrogens is 430 g/mol. The summed E-state index contributed by atoms with van der Waals surface area (Å²) in [4.78, 5) is 12.0. The van der Waals surface area contributed by atoms with Crippen molar-refractivity contribution >= 4 is 5.91 Å². The van der Waals surface area contributed by atoms with Gasteiger partial charge in [0.25, 0.3) is 0 Å². The second kappa shape index (κ2) is 16.8. The third kappa shape index (κ3) is 13.1. The minimum Gasteiger partial charge on any atom is -0.390 e. The Balaban J connectivity index is 2.94. The van der Waals surface area contributed by atoms with Crippen LogP contribution in [0.25, 0.3) is 0 Å². The Kier molecular flexibility index (Phi) is 14.4. The fraction of sp³-hybridized carbons (Fsp3) is 0.393. The van der Waals surface area contributed by atoms with E-state index in [-0.39, 0.29) is 18.4 Å². The molecule has 0 aromatic rings. The number of amides is 1. The predicted octanol–water partition coefficient (Wildman–Crippen LogP) is 3.20. The highest BCUT2D eigenvalue weighted by atomic mass is 16.4. The minimum atomic E-state index is -1.40. The fourth-order valence-electron chi connectivity index (χ4n) is 3.07. The highest BCUT2D eigenvalue weighted by Gasteiger charge is 2.28. The lowest BCUT2D eigenvalue weighted by Gasteiger charge is -2.26. The number of nitrogens with one attached hydrogen (secondary N) is 1. The van der Waals surface area contributed by atoms with Crippen LogP contribution in [0.3, 0.4) is 0 Å². The summed E-state index contributed by atoms with van der Waals surface area (Å²) in [5.74, 6) is -0.622. The Hall–Kier alpha value is -2.77. The van der Waals surface area contributed by atoms with Gasteiger partial charge in [0.2, 0.25) is 5.91 Å². The number of carbonyl (C=O) groups is 1. The predicted molar refractivity (Wildman–Crippen MR) is 138 cm³/mol. The lowest BCUT2D eigenvalue weighted by atomic mass is 9.93. The van der Waals surface area contributed by atoms with Crippen LogP contribution < -0.4 is 5.32 Å². The van der Waals surface area contributed by atoms with E-state index in [1.165, 1.54) is 12.2 Å². The highest BCUT2D eigenvalue weighted by Crippen LogP contribution is 2.15. The van der Waals surface area contributed by atoms with Gasteiger partial charge in [-0.15, -0.1) is 0 Å². The SMILES string of the molecule is CC1=C\C=C\C=C\C(O)CC(O)C(O)C(O)C(C)/C=C/C=C/C=C/C(=O)NC(C)C/C=C\C=C\1. The molecule has 0 saturated carbocycles. The van der Waals surface area contributed by atoms with Crippen molar-refractivity contribution in [2.75, 3.05) is 0 Å². The molecule has 1 heterocycles. The zero-order chi connectivity index (χ0) is 25.3. The van der Waals surface area contributed by atoms with Gasteiger partial charge in [0.15, 0.2) is 0 Å². The van der Waals surface area contributed by atoms with Crippen LogP contribution in [0.1, 0.15) is 33.6 Å². The molecule has 5 N–H and O–H groups in total. The summed E-state index contributed by atoms with van der Waals surface area (Å²) >= 11 is 0. The molecule has 1 amide bonds. The van der Waals surface area contributed by atoms with E-state index in [4.69, 9.17) is 0 Å². The molecule has 6 heteroatoms. The molecule has 0 bridgehead atoms. The number of aliphatic hydroxyl groups excluding tert-OH is 4.